The maximum absolute atomic E-state index is 12.8. The number of thiophene rings is 1. The van der Waals surface area contributed by atoms with E-state index in [-0.39, 0.29) is 28.3 Å². The second kappa shape index (κ2) is 7.33. The first-order chi connectivity index (χ1) is 14.2. The lowest BCUT2D eigenvalue weighted by Crippen LogP contribution is -2.38. The highest BCUT2D eigenvalue weighted by Crippen LogP contribution is 2.30. The van der Waals surface area contributed by atoms with Gasteiger partial charge in [-0.2, -0.15) is 0 Å². The number of nitrogens with zero attached hydrogens (tertiary/aromatic N) is 4. The van der Waals surface area contributed by atoms with Crippen LogP contribution in [0.4, 0.5) is 0 Å². The summed E-state index contributed by atoms with van der Waals surface area (Å²) in [4.78, 5) is 55.3. The minimum absolute atomic E-state index is 0.00374. The van der Waals surface area contributed by atoms with Crippen molar-refractivity contribution in [1.82, 2.24) is 18.7 Å². The molecule has 0 aromatic carbocycles. The molecule has 0 amide bonds. The summed E-state index contributed by atoms with van der Waals surface area (Å²) >= 11 is 2.04. The van der Waals surface area contributed by atoms with Gasteiger partial charge in [-0.25, -0.2) is 14.6 Å². The minimum atomic E-state index is -1.27. The summed E-state index contributed by atoms with van der Waals surface area (Å²) in [5, 5.41) is 9.89. The average Bonchev–Trinajstić information content (AvgIpc) is 3.22. The van der Waals surface area contributed by atoms with Crippen molar-refractivity contribution >= 4 is 49.2 Å². The van der Waals surface area contributed by atoms with Crippen LogP contribution in [0.3, 0.4) is 0 Å². The van der Waals surface area contributed by atoms with E-state index >= 15 is 0 Å². The Hall–Kier alpha value is -3.05. The van der Waals surface area contributed by atoms with Crippen LogP contribution in [-0.4, -0.2) is 29.8 Å². The normalized spacial score (nSPS) is 11.7. The summed E-state index contributed by atoms with van der Waals surface area (Å²) in [5.74, 6) is -1.16. The summed E-state index contributed by atoms with van der Waals surface area (Å²) < 4.78 is 3.82. The van der Waals surface area contributed by atoms with E-state index in [1.807, 2.05) is 13.8 Å². The molecule has 0 aliphatic carbocycles. The number of pyridine rings is 1. The van der Waals surface area contributed by atoms with Crippen molar-refractivity contribution in [2.45, 2.75) is 26.9 Å². The van der Waals surface area contributed by atoms with Crippen LogP contribution in [-0.2, 0) is 20.1 Å². The van der Waals surface area contributed by atoms with Crippen molar-refractivity contribution in [2.24, 2.45) is 13.0 Å². The highest BCUT2D eigenvalue weighted by Gasteiger charge is 2.26. The zero-order valence-corrected chi connectivity index (χ0v) is 18.0. The van der Waals surface area contributed by atoms with Crippen LogP contribution < -0.4 is 16.1 Å². The Bertz CT molecular complexity index is 1490. The molecule has 0 aliphatic rings. The van der Waals surface area contributed by atoms with E-state index in [2.05, 4.69) is 4.98 Å². The molecule has 4 aromatic rings. The number of rotatable bonds is 5. The Morgan fingerprint density at radius 1 is 1.20 bits per heavy atom. The van der Waals surface area contributed by atoms with Crippen LogP contribution >= 0.6 is 22.7 Å². The van der Waals surface area contributed by atoms with Gasteiger partial charge in [-0.15, -0.1) is 11.3 Å². The Morgan fingerprint density at radius 3 is 2.60 bits per heavy atom. The van der Waals surface area contributed by atoms with E-state index in [1.54, 1.807) is 18.3 Å². The molecule has 156 valence electrons. The predicted molar refractivity (Wildman–Crippen MR) is 116 cm³/mol. The van der Waals surface area contributed by atoms with E-state index in [9.17, 15) is 24.3 Å². The molecule has 30 heavy (non-hydrogen) atoms. The Kier molecular flexibility index (Phi) is 4.94. The molecule has 4 heterocycles. The summed E-state index contributed by atoms with van der Waals surface area (Å²) in [5.41, 5.74) is -0.718. The van der Waals surface area contributed by atoms with Crippen molar-refractivity contribution in [3.8, 4) is 0 Å². The largest absolute Gasteiger partial charge is 0.478 e. The van der Waals surface area contributed by atoms with Crippen molar-refractivity contribution in [3.05, 3.63) is 59.3 Å². The van der Waals surface area contributed by atoms with Gasteiger partial charge in [0.2, 0.25) is 0 Å². The lowest BCUT2D eigenvalue weighted by atomic mass is 10.1. The Labute approximate surface area is 177 Å². The first kappa shape index (κ1) is 20.2. The molecule has 9 nitrogen and oxygen atoms in total. The SMILES string of the molecule is CC(C)Cn1c(=O)n(C)c(=O)c2c(C(=O)O)c(Cn3c(=O)sc4ncccc43)sc21. The van der Waals surface area contributed by atoms with Crippen LogP contribution in [0.1, 0.15) is 29.1 Å². The van der Waals surface area contributed by atoms with Crippen LogP contribution in [0, 0.1) is 5.92 Å². The van der Waals surface area contributed by atoms with E-state index in [0.717, 1.165) is 27.2 Å². The molecule has 0 fully saturated rings. The molecule has 0 unspecified atom stereocenters. The summed E-state index contributed by atoms with van der Waals surface area (Å²) in [6.07, 6.45) is 1.58. The number of carboxylic acid groups (broad SMARTS) is 1. The van der Waals surface area contributed by atoms with Crippen molar-refractivity contribution in [1.29, 1.82) is 0 Å². The fourth-order valence-electron chi connectivity index (χ4n) is 3.44. The third-order valence-electron chi connectivity index (χ3n) is 4.75. The van der Waals surface area contributed by atoms with Crippen molar-refractivity contribution in [3.63, 3.8) is 0 Å². The highest BCUT2D eigenvalue weighted by molar-refractivity contribution is 7.19. The van der Waals surface area contributed by atoms with Gasteiger partial charge in [0.25, 0.3) is 5.56 Å². The summed E-state index contributed by atoms with van der Waals surface area (Å²) in [7, 11) is 1.34. The molecule has 0 atom stereocenters. The number of thiazole rings is 1. The molecule has 0 radical (unpaired) electrons. The molecular formula is C19H18N4O5S2. The molecule has 0 aliphatic heterocycles. The minimum Gasteiger partial charge on any atom is -0.478 e. The van der Waals surface area contributed by atoms with Gasteiger partial charge in [0.1, 0.15) is 9.66 Å². The van der Waals surface area contributed by atoms with Crippen LogP contribution in [0.2, 0.25) is 0 Å². The molecule has 0 saturated heterocycles. The number of hydrogen-bond acceptors (Lipinski definition) is 7. The van der Waals surface area contributed by atoms with Gasteiger partial charge >= 0.3 is 16.5 Å². The molecule has 0 bridgehead atoms. The maximum atomic E-state index is 12.8. The Balaban J connectivity index is 2.04. The number of aromatic nitrogens is 4. The molecule has 0 spiro atoms. The third-order valence-corrected chi connectivity index (χ3v) is 6.85. The molecule has 0 saturated carbocycles. The van der Waals surface area contributed by atoms with Gasteiger partial charge in [-0.3, -0.25) is 23.3 Å². The zero-order valence-electron chi connectivity index (χ0n) is 16.4. The average molecular weight is 447 g/mol. The molecule has 4 aromatic heterocycles. The van der Waals surface area contributed by atoms with E-state index in [4.69, 9.17) is 0 Å². The first-order valence-corrected chi connectivity index (χ1v) is 10.8. The van der Waals surface area contributed by atoms with Gasteiger partial charge in [-0.1, -0.05) is 25.2 Å². The van der Waals surface area contributed by atoms with Gasteiger partial charge in [0.05, 0.1) is 23.0 Å². The first-order valence-electron chi connectivity index (χ1n) is 9.13. The lowest BCUT2D eigenvalue weighted by molar-refractivity contribution is 0.0698. The quantitative estimate of drug-likeness (QED) is 0.501. The number of carboxylic acids is 1. The van der Waals surface area contributed by atoms with E-state index in [1.165, 1.54) is 16.2 Å². The Morgan fingerprint density at radius 2 is 1.93 bits per heavy atom. The zero-order chi connectivity index (χ0) is 21.7. The summed E-state index contributed by atoms with van der Waals surface area (Å²) in [6.45, 7) is 4.18. The fourth-order valence-corrected chi connectivity index (χ4v) is 5.54. The number of aromatic carboxylic acids is 1. The second-order valence-corrected chi connectivity index (χ2v) is 9.34. The fraction of sp³-hybridized carbons (Fsp3) is 0.316. The van der Waals surface area contributed by atoms with Gasteiger partial charge in [0, 0.05) is 24.7 Å². The number of hydrogen-bond donors (Lipinski definition) is 1. The lowest BCUT2D eigenvalue weighted by Gasteiger charge is -2.11. The molecule has 11 heteroatoms. The predicted octanol–water partition coefficient (Wildman–Crippen LogP) is 1.94. The van der Waals surface area contributed by atoms with Crippen LogP contribution in [0.5, 0.6) is 0 Å². The smallest absolute Gasteiger partial charge is 0.337 e. The maximum Gasteiger partial charge on any atom is 0.337 e. The van der Waals surface area contributed by atoms with Crippen molar-refractivity contribution in [2.75, 3.05) is 0 Å². The van der Waals surface area contributed by atoms with Gasteiger partial charge < -0.3 is 5.11 Å². The number of fused-ring (bicyclic) bond motifs is 2. The standard InChI is InChI=1S/C19H18N4O5S2/c1-9(2)7-23-16-13(15(24)21(3)18(23)27)12(17(25)26)11(29-16)8-22-10-5-4-6-20-14(10)30-19(22)28/h4-6,9H,7-8H2,1-3H3,(H,25,26). The number of carbonyl (C=O) groups is 1. The molecular weight excluding hydrogens is 428 g/mol. The topological polar surface area (TPSA) is 116 Å². The van der Waals surface area contributed by atoms with Gasteiger partial charge in [0.15, 0.2) is 0 Å². The third kappa shape index (κ3) is 3.10. The summed E-state index contributed by atoms with van der Waals surface area (Å²) in [6, 6.07) is 3.44. The van der Waals surface area contributed by atoms with Crippen LogP contribution in [0.15, 0.2) is 32.7 Å². The van der Waals surface area contributed by atoms with Crippen LogP contribution in [0.25, 0.3) is 20.6 Å². The van der Waals surface area contributed by atoms with Gasteiger partial charge in [-0.05, 0) is 18.1 Å². The second-order valence-electron chi connectivity index (χ2n) is 7.32. The molecule has 1 N–H and O–H groups in total. The van der Waals surface area contributed by atoms with E-state index in [0.29, 0.717) is 26.6 Å². The highest BCUT2D eigenvalue weighted by atomic mass is 32.1. The monoisotopic (exact) mass is 446 g/mol. The van der Waals surface area contributed by atoms with E-state index < -0.39 is 17.2 Å². The molecule has 4 rings (SSSR count). The van der Waals surface area contributed by atoms with Crippen molar-refractivity contribution < 1.29 is 9.90 Å².